The maximum Gasteiger partial charge on any atom is 0.136 e. The van der Waals surface area contributed by atoms with Crippen molar-refractivity contribution in [3.05, 3.63) is 33.1 Å². The Kier molecular flexibility index (Phi) is 7.40. The number of quaternary nitrogens is 3. The standard InChI is InChI=1S/C30H54N6O3/c1-19-22(13-16-34(10,37)28(19,4)5)25-31-26(23-14-17-35(11,38)29(6,7)20(23)2)33-27(32-25)24-15-18-36(12,39)30(8,9)21(24)3/h19-24H,13-18H2,1-12H3. The minimum atomic E-state index is -0.472. The topological polar surface area (TPSA) is 108 Å². The zero-order valence-electron chi connectivity index (χ0n) is 26.6. The maximum atomic E-state index is 13.4. The van der Waals surface area contributed by atoms with Gasteiger partial charge in [-0.05, 0) is 41.5 Å². The second-order valence-electron chi connectivity index (χ2n) is 15.4. The van der Waals surface area contributed by atoms with E-state index in [4.69, 9.17) is 15.0 Å². The van der Waals surface area contributed by atoms with Gasteiger partial charge in [0.25, 0.3) is 0 Å². The molecule has 9 heteroatoms. The average molecular weight is 547 g/mol. The maximum absolute atomic E-state index is 13.4. The lowest BCUT2D eigenvalue weighted by Crippen LogP contribution is -2.63. The summed E-state index contributed by atoms with van der Waals surface area (Å²) in [6.45, 7) is 20.5. The lowest BCUT2D eigenvalue weighted by molar-refractivity contribution is -0.921. The van der Waals surface area contributed by atoms with E-state index in [1.54, 1.807) is 21.1 Å². The first-order valence-electron chi connectivity index (χ1n) is 15.0. The van der Waals surface area contributed by atoms with E-state index < -0.39 is 16.6 Å². The van der Waals surface area contributed by atoms with E-state index in [-0.39, 0.29) is 49.4 Å². The number of likely N-dealkylation sites (tertiary alicyclic amines) is 3. The molecule has 0 radical (unpaired) electrons. The van der Waals surface area contributed by atoms with Gasteiger partial charge in [0.1, 0.15) is 17.5 Å². The minimum absolute atomic E-state index is 0.0561. The number of piperidine rings is 3. The highest BCUT2D eigenvalue weighted by Gasteiger charge is 2.52. The van der Waals surface area contributed by atoms with Crippen molar-refractivity contribution in [3.63, 3.8) is 0 Å². The van der Waals surface area contributed by atoms with Crippen LogP contribution in [0.25, 0.3) is 0 Å². The van der Waals surface area contributed by atoms with E-state index in [9.17, 15) is 15.6 Å². The van der Waals surface area contributed by atoms with Crippen molar-refractivity contribution < 1.29 is 13.9 Å². The highest BCUT2D eigenvalue weighted by Crippen LogP contribution is 2.49. The molecule has 9 atom stereocenters. The van der Waals surface area contributed by atoms with Gasteiger partial charge in [-0.25, -0.2) is 15.0 Å². The second kappa shape index (κ2) is 9.39. The fourth-order valence-electron chi connectivity index (χ4n) is 7.52. The van der Waals surface area contributed by atoms with Crippen LogP contribution in [0.15, 0.2) is 0 Å². The Labute approximate surface area is 236 Å². The largest absolute Gasteiger partial charge is 0.633 e. The Bertz CT molecular complexity index is 937. The lowest BCUT2D eigenvalue weighted by atomic mass is 9.71. The van der Waals surface area contributed by atoms with Gasteiger partial charge in [0.05, 0.1) is 57.4 Å². The van der Waals surface area contributed by atoms with Crippen LogP contribution >= 0.6 is 0 Å². The summed E-state index contributed by atoms with van der Waals surface area (Å²) >= 11 is 0. The molecule has 1 aromatic rings. The Morgan fingerprint density at radius 1 is 0.513 bits per heavy atom. The SMILES string of the molecule is CC1C(c2nc(C3CC[N+](C)([O-])C(C)(C)C3C)nc(C3CC[N+](C)([O-])C(C)(C)C3C)n2)CC[N+](C)([O-])C1(C)C. The quantitative estimate of drug-likeness (QED) is 0.370. The van der Waals surface area contributed by atoms with Crippen molar-refractivity contribution in [1.82, 2.24) is 15.0 Å². The zero-order chi connectivity index (χ0) is 29.6. The predicted octanol–water partition coefficient (Wildman–Crippen LogP) is 5.41. The molecule has 39 heavy (non-hydrogen) atoms. The van der Waals surface area contributed by atoms with Crippen molar-refractivity contribution in [2.24, 2.45) is 17.8 Å². The molecular weight excluding hydrogens is 492 g/mol. The van der Waals surface area contributed by atoms with E-state index in [1.807, 2.05) is 0 Å². The van der Waals surface area contributed by atoms with Gasteiger partial charge in [0, 0.05) is 54.8 Å². The van der Waals surface area contributed by atoms with Crippen molar-refractivity contribution >= 4 is 0 Å². The van der Waals surface area contributed by atoms with Crippen LogP contribution < -0.4 is 0 Å². The smallest absolute Gasteiger partial charge is 0.136 e. The van der Waals surface area contributed by atoms with E-state index in [0.717, 1.165) is 36.7 Å². The molecule has 1 aromatic heterocycles. The molecule has 3 saturated heterocycles. The Hall–Kier alpha value is -1.23. The first-order valence-corrected chi connectivity index (χ1v) is 15.0. The van der Waals surface area contributed by atoms with Gasteiger partial charge in [-0.3, -0.25) is 0 Å². The van der Waals surface area contributed by atoms with Crippen LogP contribution in [0.2, 0.25) is 0 Å². The summed E-state index contributed by atoms with van der Waals surface area (Å²) in [5, 5.41) is 40.1. The fraction of sp³-hybridized carbons (Fsp3) is 0.900. The second-order valence-corrected chi connectivity index (χ2v) is 15.4. The first-order chi connectivity index (χ1) is 17.6. The molecule has 0 aliphatic carbocycles. The number of nitrogens with zero attached hydrogens (tertiary/aromatic N) is 6. The highest BCUT2D eigenvalue weighted by atomic mass is 16.6. The predicted molar refractivity (Wildman–Crippen MR) is 155 cm³/mol. The Morgan fingerprint density at radius 3 is 0.923 bits per heavy atom. The van der Waals surface area contributed by atoms with Crippen LogP contribution in [0, 0.1) is 33.4 Å². The van der Waals surface area contributed by atoms with Gasteiger partial charge in [-0.15, -0.1) is 0 Å². The molecule has 0 amide bonds. The number of aromatic nitrogens is 3. The number of rotatable bonds is 3. The van der Waals surface area contributed by atoms with Gasteiger partial charge in [0.2, 0.25) is 0 Å². The van der Waals surface area contributed by atoms with E-state index in [0.29, 0.717) is 19.6 Å². The van der Waals surface area contributed by atoms with Gasteiger partial charge in [-0.2, -0.15) is 0 Å². The highest BCUT2D eigenvalue weighted by molar-refractivity contribution is 5.15. The summed E-state index contributed by atoms with van der Waals surface area (Å²) in [5.41, 5.74) is -1.42. The monoisotopic (exact) mass is 546 g/mol. The van der Waals surface area contributed by atoms with Crippen molar-refractivity contribution in [3.8, 4) is 0 Å². The molecule has 3 aliphatic rings. The van der Waals surface area contributed by atoms with E-state index >= 15 is 0 Å². The molecule has 9 nitrogen and oxygen atoms in total. The molecular formula is C30H54N6O3. The molecule has 222 valence electrons. The first kappa shape index (κ1) is 30.7. The van der Waals surface area contributed by atoms with Crippen LogP contribution in [-0.2, 0) is 0 Å². The third-order valence-corrected chi connectivity index (χ3v) is 13.1. The number of hydrogen-bond donors (Lipinski definition) is 0. The van der Waals surface area contributed by atoms with Gasteiger partial charge >= 0.3 is 0 Å². The van der Waals surface area contributed by atoms with Crippen LogP contribution in [0.1, 0.15) is 117 Å². The Balaban J connectivity index is 1.83. The van der Waals surface area contributed by atoms with Crippen molar-refractivity contribution in [2.45, 2.75) is 116 Å². The van der Waals surface area contributed by atoms with Crippen LogP contribution in [0.3, 0.4) is 0 Å². The normalized spacial score (nSPS) is 45.6. The van der Waals surface area contributed by atoms with Crippen molar-refractivity contribution in [1.29, 1.82) is 0 Å². The van der Waals surface area contributed by atoms with Crippen LogP contribution in [0.4, 0.5) is 0 Å². The molecule has 3 fully saturated rings. The van der Waals surface area contributed by atoms with E-state index in [2.05, 4.69) is 62.3 Å². The molecule has 9 unspecified atom stereocenters. The van der Waals surface area contributed by atoms with E-state index in [1.165, 1.54) is 0 Å². The van der Waals surface area contributed by atoms with Gasteiger partial charge < -0.3 is 29.6 Å². The summed E-state index contributed by atoms with van der Waals surface area (Å²) in [7, 11) is 5.35. The lowest BCUT2D eigenvalue weighted by Gasteiger charge is -2.59. The molecule has 4 rings (SSSR count). The zero-order valence-corrected chi connectivity index (χ0v) is 26.6. The average Bonchev–Trinajstić information content (AvgIpc) is 2.81. The molecule has 3 aliphatic heterocycles. The number of hydrogen-bond acceptors (Lipinski definition) is 6. The molecule has 0 bridgehead atoms. The summed E-state index contributed by atoms with van der Waals surface area (Å²) in [5.74, 6) is 2.80. The van der Waals surface area contributed by atoms with Gasteiger partial charge in [0.15, 0.2) is 0 Å². The van der Waals surface area contributed by atoms with Crippen molar-refractivity contribution in [2.75, 3.05) is 40.8 Å². The third kappa shape index (κ3) is 4.65. The molecule has 0 aromatic carbocycles. The molecule has 0 saturated carbocycles. The van der Waals surface area contributed by atoms with Gasteiger partial charge in [-0.1, -0.05) is 20.8 Å². The Morgan fingerprint density at radius 2 is 0.718 bits per heavy atom. The van der Waals surface area contributed by atoms with Crippen LogP contribution in [-0.4, -0.2) is 86.3 Å². The molecule has 4 heterocycles. The summed E-state index contributed by atoms with van der Waals surface area (Å²) in [4.78, 5) is 15.6. The number of hydroxylamine groups is 9. The summed E-state index contributed by atoms with van der Waals surface area (Å²) in [6.07, 6.45) is 2.20. The summed E-state index contributed by atoms with van der Waals surface area (Å²) < 4.78 is -0.800. The fourth-order valence-corrected chi connectivity index (χ4v) is 7.52. The third-order valence-electron chi connectivity index (χ3n) is 13.1. The minimum Gasteiger partial charge on any atom is -0.633 e. The van der Waals surface area contributed by atoms with Crippen LogP contribution in [0.5, 0.6) is 0 Å². The molecule has 0 spiro atoms. The summed E-state index contributed by atoms with van der Waals surface area (Å²) in [6, 6.07) is 0. The molecule has 0 N–H and O–H groups in total.